The molecule has 1 aliphatic rings. The summed E-state index contributed by atoms with van der Waals surface area (Å²) in [4.78, 5) is 42.6. The molecule has 1 amide bonds. The summed E-state index contributed by atoms with van der Waals surface area (Å²) in [7, 11) is 0. The third-order valence-corrected chi connectivity index (χ3v) is 7.16. The second-order valence-corrected chi connectivity index (χ2v) is 9.11. The van der Waals surface area contributed by atoms with Gasteiger partial charge in [-0.25, -0.2) is 18.5 Å². The van der Waals surface area contributed by atoms with Gasteiger partial charge in [-0.05, 0) is 48.7 Å². The highest BCUT2D eigenvalue weighted by Gasteiger charge is 2.29. The van der Waals surface area contributed by atoms with Crippen LogP contribution in [0.5, 0.6) is 0 Å². The van der Waals surface area contributed by atoms with Crippen molar-refractivity contribution in [1.29, 1.82) is 0 Å². The number of ether oxygens (including phenoxy) is 1. The molecule has 4 aromatic rings. The Morgan fingerprint density at radius 3 is 2.53 bits per heavy atom. The Bertz CT molecular complexity index is 1490. The minimum absolute atomic E-state index is 0.276. The molecule has 5 rings (SSSR count). The Hall–Kier alpha value is -3.72. The third-order valence-electron chi connectivity index (χ3n) is 5.92. The molecule has 0 N–H and O–H groups in total. The Balaban J connectivity index is 1.73. The number of benzene rings is 2. The maximum atomic E-state index is 13.6. The number of halogens is 1. The van der Waals surface area contributed by atoms with Gasteiger partial charge in [0, 0.05) is 11.4 Å². The molecule has 0 spiro atoms. The fourth-order valence-electron chi connectivity index (χ4n) is 4.30. The van der Waals surface area contributed by atoms with Crippen LogP contribution in [0.15, 0.2) is 64.2 Å². The third kappa shape index (κ3) is 3.81. The monoisotopic (exact) mass is 479 g/mol. The SMILES string of the molecule is CCOC(=O)N1CCc2c(sc3c2c(=O)n(-c2ccc(F)cc2)c(=O)n3Cc2ccccc2)C1. The Kier molecular flexibility index (Phi) is 5.79. The maximum absolute atomic E-state index is 13.6. The van der Waals surface area contributed by atoms with Gasteiger partial charge in [0.1, 0.15) is 10.6 Å². The van der Waals surface area contributed by atoms with Crippen molar-refractivity contribution in [3.63, 3.8) is 0 Å². The second kappa shape index (κ2) is 8.90. The van der Waals surface area contributed by atoms with Crippen LogP contribution in [-0.4, -0.2) is 33.3 Å². The minimum atomic E-state index is -0.492. The average Bonchev–Trinajstić information content (AvgIpc) is 3.23. The molecule has 9 heteroatoms. The lowest BCUT2D eigenvalue weighted by atomic mass is 10.1. The summed E-state index contributed by atoms with van der Waals surface area (Å²) in [6, 6.07) is 14.8. The number of aromatic nitrogens is 2. The zero-order chi connectivity index (χ0) is 23.8. The summed E-state index contributed by atoms with van der Waals surface area (Å²) in [5.74, 6) is -0.450. The number of carbonyl (C=O) groups is 1. The normalized spacial score (nSPS) is 13.2. The summed E-state index contributed by atoms with van der Waals surface area (Å²) in [6.45, 7) is 3.06. The van der Waals surface area contributed by atoms with Gasteiger partial charge in [-0.1, -0.05) is 30.3 Å². The van der Waals surface area contributed by atoms with Gasteiger partial charge in [-0.15, -0.1) is 11.3 Å². The zero-order valence-corrected chi connectivity index (χ0v) is 19.3. The number of hydrogen-bond donors (Lipinski definition) is 0. The fraction of sp³-hybridized carbons (Fsp3) is 0.240. The first-order valence-corrected chi connectivity index (χ1v) is 11.8. The van der Waals surface area contributed by atoms with E-state index in [9.17, 15) is 18.8 Å². The smallest absolute Gasteiger partial charge is 0.410 e. The summed E-state index contributed by atoms with van der Waals surface area (Å²) >= 11 is 1.36. The van der Waals surface area contributed by atoms with Gasteiger partial charge < -0.3 is 9.64 Å². The van der Waals surface area contributed by atoms with Crippen molar-refractivity contribution < 1.29 is 13.9 Å². The zero-order valence-electron chi connectivity index (χ0n) is 18.5. The first kappa shape index (κ1) is 22.1. The first-order chi connectivity index (χ1) is 16.5. The van der Waals surface area contributed by atoms with Crippen LogP contribution < -0.4 is 11.2 Å². The van der Waals surface area contributed by atoms with Crippen LogP contribution in [0.3, 0.4) is 0 Å². The van der Waals surface area contributed by atoms with E-state index >= 15 is 0 Å². The fourth-order valence-corrected chi connectivity index (χ4v) is 5.65. The van der Waals surface area contributed by atoms with Crippen molar-refractivity contribution in [1.82, 2.24) is 14.0 Å². The predicted molar refractivity (Wildman–Crippen MR) is 128 cm³/mol. The molecule has 0 aliphatic carbocycles. The molecule has 0 unspecified atom stereocenters. The van der Waals surface area contributed by atoms with Gasteiger partial charge in [-0.3, -0.25) is 9.36 Å². The van der Waals surface area contributed by atoms with E-state index < -0.39 is 23.2 Å². The van der Waals surface area contributed by atoms with E-state index in [4.69, 9.17) is 4.74 Å². The lowest BCUT2D eigenvalue weighted by Gasteiger charge is -2.25. The highest BCUT2D eigenvalue weighted by Crippen LogP contribution is 2.33. The quantitative estimate of drug-likeness (QED) is 0.445. The second-order valence-electron chi connectivity index (χ2n) is 8.03. The molecule has 0 radical (unpaired) electrons. The number of nitrogens with zero attached hydrogens (tertiary/aromatic N) is 3. The van der Waals surface area contributed by atoms with Crippen molar-refractivity contribution in [2.24, 2.45) is 0 Å². The predicted octanol–water partition coefficient (Wildman–Crippen LogP) is 3.92. The largest absolute Gasteiger partial charge is 0.450 e. The van der Waals surface area contributed by atoms with Gasteiger partial charge in [-0.2, -0.15) is 0 Å². The Morgan fingerprint density at radius 1 is 1.09 bits per heavy atom. The lowest BCUT2D eigenvalue weighted by molar-refractivity contribution is 0.103. The molecule has 2 aromatic heterocycles. The number of thiophene rings is 1. The van der Waals surface area contributed by atoms with Crippen LogP contribution in [0.2, 0.25) is 0 Å². The van der Waals surface area contributed by atoms with Crippen molar-refractivity contribution in [3.05, 3.63) is 97.3 Å². The van der Waals surface area contributed by atoms with Crippen molar-refractivity contribution in [2.75, 3.05) is 13.2 Å². The van der Waals surface area contributed by atoms with Crippen molar-refractivity contribution in [2.45, 2.75) is 26.4 Å². The molecular weight excluding hydrogens is 457 g/mol. The van der Waals surface area contributed by atoms with E-state index in [2.05, 4.69) is 0 Å². The number of hydrogen-bond acceptors (Lipinski definition) is 5. The molecule has 0 bridgehead atoms. The molecule has 34 heavy (non-hydrogen) atoms. The first-order valence-electron chi connectivity index (χ1n) is 11.0. The average molecular weight is 480 g/mol. The molecule has 0 fully saturated rings. The van der Waals surface area contributed by atoms with Crippen molar-refractivity contribution >= 4 is 27.6 Å². The van der Waals surface area contributed by atoms with E-state index in [1.165, 1.54) is 35.6 Å². The van der Waals surface area contributed by atoms with E-state index in [1.54, 1.807) is 16.4 Å². The highest BCUT2D eigenvalue weighted by atomic mass is 32.1. The molecule has 0 saturated heterocycles. The Labute approximate surface area is 198 Å². The topological polar surface area (TPSA) is 73.5 Å². The lowest BCUT2D eigenvalue weighted by Crippen LogP contribution is -2.39. The van der Waals surface area contributed by atoms with Crippen molar-refractivity contribution in [3.8, 4) is 5.69 Å². The van der Waals surface area contributed by atoms with Crippen LogP contribution in [0.1, 0.15) is 22.9 Å². The van der Waals surface area contributed by atoms with Gasteiger partial charge in [0.2, 0.25) is 0 Å². The van der Waals surface area contributed by atoms with Gasteiger partial charge >= 0.3 is 11.8 Å². The molecule has 3 heterocycles. The van der Waals surface area contributed by atoms with E-state index in [-0.39, 0.29) is 13.2 Å². The van der Waals surface area contributed by atoms with E-state index in [1.807, 2.05) is 30.3 Å². The van der Waals surface area contributed by atoms with Crippen LogP contribution in [-0.2, 0) is 24.2 Å². The number of fused-ring (bicyclic) bond motifs is 3. The molecule has 1 aliphatic heterocycles. The summed E-state index contributed by atoms with van der Waals surface area (Å²) in [6.07, 6.45) is 0.0899. The van der Waals surface area contributed by atoms with Crippen LogP contribution in [0.4, 0.5) is 9.18 Å². The minimum Gasteiger partial charge on any atom is -0.450 e. The number of carbonyl (C=O) groups excluding carboxylic acids is 1. The number of amides is 1. The molecule has 7 nitrogen and oxygen atoms in total. The van der Waals surface area contributed by atoms with Gasteiger partial charge in [0.05, 0.1) is 30.8 Å². The van der Waals surface area contributed by atoms with Crippen LogP contribution >= 0.6 is 11.3 Å². The van der Waals surface area contributed by atoms with E-state index in [0.717, 1.165) is 20.6 Å². The Morgan fingerprint density at radius 2 is 1.82 bits per heavy atom. The molecule has 0 atom stereocenters. The summed E-state index contributed by atoms with van der Waals surface area (Å²) in [5.41, 5.74) is 1.15. The van der Waals surface area contributed by atoms with Gasteiger partial charge in [0.25, 0.3) is 5.56 Å². The van der Waals surface area contributed by atoms with Crippen LogP contribution in [0.25, 0.3) is 15.9 Å². The molecule has 0 saturated carbocycles. The van der Waals surface area contributed by atoms with Crippen LogP contribution in [0, 0.1) is 5.82 Å². The standard InChI is InChI=1S/C25H22FN3O4S/c1-2-33-25(32)27-13-12-19-20(15-27)34-23-21(19)22(30)29(18-10-8-17(26)9-11-18)24(31)28(23)14-16-6-4-3-5-7-16/h3-11H,2,12-15H2,1H3. The maximum Gasteiger partial charge on any atom is 0.410 e. The molecular formula is C25H22FN3O4S. The summed E-state index contributed by atoms with van der Waals surface area (Å²) in [5, 5.41) is 0.475. The van der Waals surface area contributed by atoms with Gasteiger partial charge in [0.15, 0.2) is 0 Å². The molecule has 2 aromatic carbocycles. The number of rotatable bonds is 4. The molecule has 174 valence electrons. The summed E-state index contributed by atoms with van der Waals surface area (Å²) < 4.78 is 21.4. The highest BCUT2D eigenvalue weighted by molar-refractivity contribution is 7.18. The van der Waals surface area contributed by atoms with E-state index in [0.29, 0.717) is 35.4 Å².